The van der Waals surface area contributed by atoms with Crippen molar-refractivity contribution in [1.82, 2.24) is 14.9 Å². The molecule has 0 unspecified atom stereocenters. The number of anilines is 1. The molecule has 8 nitrogen and oxygen atoms in total. The fourth-order valence-electron chi connectivity index (χ4n) is 2.73. The Morgan fingerprint density at radius 2 is 1.92 bits per heavy atom. The Morgan fingerprint density at radius 1 is 1.20 bits per heavy atom. The molecular weight excluding hydrogens is 346 g/mol. The molecule has 1 fully saturated rings. The summed E-state index contributed by atoms with van der Waals surface area (Å²) in [6, 6.07) is 4.61. The zero-order chi connectivity index (χ0) is 18.0. The van der Waals surface area contributed by atoms with Crippen molar-refractivity contribution in [2.24, 2.45) is 0 Å². The summed E-state index contributed by atoms with van der Waals surface area (Å²) in [7, 11) is 0. The van der Waals surface area contributed by atoms with Gasteiger partial charge in [-0.3, -0.25) is 19.9 Å². The van der Waals surface area contributed by atoms with Gasteiger partial charge in [-0.15, -0.1) is 0 Å². The lowest BCUT2D eigenvalue weighted by Gasteiger charge is -2.35. The second kappa shape index (κ2) is 7.02. The first-order chi connectivity index (χ1) is 12.0. The number of nitro benzene ring substituents is 1. The third-order valence-electron chi connectivity index (χ3n) is 4.04. The van der Waals surface area contributed by atoms with Gasteiger partial charge in [0.2, 0.25) is 0 Å². The summed E-state index contributed by atoms with van der Waals surface area (Å²) in [6.07, 6.45) is 3.02. The van der Waals surface area contributed by atoms with Crippen LogP contribution in [0.5, 0.6) is 0 Å². The van der Waals surface area contributed by atoms with Crippen LogP contribution in [0, 0.1) is 17.0 Å². The normalized spacial score (nSPS) is 14.5. The maximum Gasteiger partial charge on any atom is 0.294 e. The largest absolute Gasteiger partial charge is 0.362 e. The van der Waals surface area contributed by atoms with Gasteiger partial charge in [0, 0.05) is 43.5 Å². The van der Waals surface area contributed by atoms with E-state index < -0.39 is 4.92 Å². The first kappa shape index (κ1) is 17.1. The molecule has 130 valence electrons. The second-order valence-electron chi connectivity index (χ2n) is 5.71. The van der Waals surface area contributed by atoms with Gasteiger partial charge in [0.25, 0.3) is 11.6 Å². The van der Waals surface area contributed by atoms with Gasteiger partial charge >= 0.3 is 0 Å². The van der Waals surface area contributed by atoms with Crippen molar-refractivity contribution < 1.29 is 9.72 Å². The number of carbonyl (C=O) groups excluding carboxylic acids is 1. The summed E-state index contributed by atoms with van der Waals surface area (Å²) in [4.78, 5) is 35.0. The van der Waals surface area contributed by atoms with Crippen LogP contribution in [0.4, 0.5) is 11.4 Å². The molecule has 0 bridgehead atoms. The highest BCUT2D eigenvalue weighted by Gasteiger charge is 2.27. The van der Waals surface area contributed by atoms with Crippen LogP contribution in [0.2, 0.25) is 5.02 Å². The van der Waals surface area contributed by atoms with Crippen molar-refractivity contribution in [2.75, 3.05) is 31.1 Å². The van der Waals surface area contributed by atoms with Crippen molar-refractivity contribution in [1.29, 1.82) is 0 Å². The van der Waals surface area contributed by atoms with Crippen LogP contribution in [0.1, 0.15) is 16.2 Å². The Kier molecular flexibility index (Phi) is 4.80. The molecule has 1 aliphatic heterocycles. The fourth-order valence-corrected chi connectivity index (χ4v) is 2.89. The number of piperazine rings is 1. The zero-order valence-corrected chi connectivity index (χ0v) is 14.3. The molecule has 0 aliphatic carbocycles. The number of hydrogen-bond acceptors (Lipinski definition) is 6. The van der Waals surface area contributed by atoms with E-state index in [1.165, 1.54) is 12.3 Å². The van der Waals surface area contributed by atoms with E-state index in [0.717, 1.165) is 5.69 Å². The molecule has 1 saturated heterocycles. The Labute approximate surface area is 149 Å². The summed E-state index contributed by atoms with van der Waals surface area (Å²) >= 11 is 5.85. The first-order valence-corrected chi connectivity index (χ1v) is 8.10. The Bertz CT molecular complexity index is 804. The summed E-state index contributed by atoms with van der Waals surface area (Å²) < 4.78 is 0. The monoisotopic (exact) mass is 361 g/mol. The molecule has 3 rings (SSSR count). The van der Waals surface area contributed by atoms with Crippen molar-refractivity contribution in [3.05, 3.63) is 57.1 Å². The number of aromatic nitrogens is 2. The van der Waals surface area contributed by atoms with Gasteiger partial charge in [-0.25, -0.2) is 4.98 Å². The molecule has 0 saturated carbocycles. The number of nitrogens with zero attached hydrogens (tertiary/aromatic N) is 5. The van der Waals surface area contributed by atoms with Crippen LogP contribution < -0.4 is 4.90 Å². The Hall–Kier alpha value is -2.74. The molecule has 0 radical (unpaired) electrons. The highest BCUT2D eigenvalue weighted by Crippen LogP contribution is 2.31. The average molecular weight is 362 g/mol. The van der Waals surface area contributed by atoms with Crippen molar-refractivity contribution in [3.63, 3.8) is 0 Å². The lowest BCUT2D eigenvalue weighted by atomic mass is 10.2. The van der Waals surface area contributed by atoms with Gasteiger partial charge in [0.1, 0.15) is 11.4 Å². The number of carbonyl (C=O) groups is 1. The lowest BCUT2D eigenvalue weighted by molar-refractivity contribution is -0.384. The Morgan fingerprint density at radius 3 is 2.52 bits per heavy atom. The molecule has 25 heavy (non-hydrogen) atoms. The first-order valence-electron chi connectivity index (χ1n) is 7.72. The van der Waals surface area contributed by atoms with Crippen LogP contribution in [-0.2, 0) is 0 Å². The summed E-state index contributed by atoms with van der Waals surface area (Å²) in [5, 5.41) is 11.6. The number of benzene rings is 1. The number of aryl methyl sites for hydroxylation is 1. The summed E-state index contributed by atoms with van der Waals surface area (Å²) in [5.74, 6) is -0.183. The van der Waals surface area contributed by atoms with Crippen molar-refractivity contribution in [3.8, 4) is 0 Å². The van der Waals surface area contributed by atoms with Crippen LogP contribution >= 0.6 is 11.6 Å². The third kappa shape index (κ3) is 3.69. The molecule has 2 heterocycles. The number of amides is 1. The number of halogens is 1. The predicted octanol–water partition coefficient (Wildman–Crippen LogP) is 2.31. The van der Waals surface area contributed by atoms with Crippen LogP contribution in [0.25, 0.3) is 0 Å². The molecule has 1 aliphatic rings. The third-order valence-corrected chi connectivity index (χ3v) is 4.28. The standard InChI is InChI=1S/C16H16ClN5O3/c1-11-9-19-13(10-18-11)16(23)21-6-4-20(5-7-21)14-3-2-12(17)8-15(14)22(24)25/h2-3,8-10H,4-7H2,1H3. The Balaban J connectivity index is 1.71. The van der Waals surface area contributed by atoms with E-state index in [-0.39, 0.29) is 11.6 Å². The quantitative estimate of drug-likeness (QED) is 0.615. The highest BCUT2D eigenvalue weighted by atomic mass is 35.5. The number of rotatable bonds is 3. The SMILES string of the molecule is Cc1cnc(C(=O)N2CCN(c3ccc(Cl)cc3[N+](=O)[O-])CC2)cn1. The van der Waals surface area contributed by atoms with Gasteiger partial charge < -0.3 is 9.80 Å². The van der Waals surface area contributed by atoms with E-state index in [2.05, 4.69) is 9.97 Å². The van der Waals surface area contributed by atoms with Gasteiger partial charge in [-0.2, -0.15) is 0 Å². The van der Waals surface area contributed by atoms with E-state index in [4.69, 9.17) is 11.6 Å². The number of nitro groups is 1. The molecule has 2 aromatic rings. The molecule has 9 heteroatoms. The van der Waals surface area contributed by atoms with E-state index in [1.807, 2.05) is 4.90 Å². The topological polar surface area (TPSA) is 92.5 Å². The van der Waals surface area contributed by atoms with E-state index in [0.29, 0.717) is 42.6 Å². The van der Waals surface area contributed by atoms with Gasteiger partial charge in [-0.1, -0.05) is 11.6 Å². The number of hydrogen-bond donors (Lipinski definition) is 0. The minimum Gasteiger partial charge on any atom is -0.362 e. The molecule has 1 aromatic carbocycles. The second-order valence-corrected chi connectivity index (χ2v) is 6.15. The summed E-state index contributed by atoms with van der Waals surface area (Å²) in [6.45, 7) is 3.70. The maximum atomic E-state index is 12.5. The minimum atomic E-state index is -0.444. The zero-order valence-electron chi connectivity index (χ0n) is 13.6. The predicted molar refractivity (Wildman–Crippen MR) is 93.0 cm³/mol. The highest BCUT2D eigenvalue weighted by molar-refractivity contribution is 6.30. The average Bonchev–Trinajstić information content (AvgIpc) is 2.62. The van der Waals surface area contributed by atoms with Crippen LogP contribution in [-0.4, -0.2) is 51.9 Å². The van der Waals surface area contributed by atoms with Crippen molar-refractivity contribution in [2.45, 2.75) is 6.92 Å². The molecule has 0 spiro atoms. The molecule has 1 amide bonds. The summed E-state index contributed by atoms with van der Waals surface area (Å²) in [5.41, 5.74) is 1.53. The van der Waals surface area contributed by atoms with E-state index in [1.54, 1.807) is 30.2 Å². The minimum absolute atomic E-state index is 0.0309. The molecular formula is C16H16ClN5O3. The fraction of sp³-hybridized carbons (Fsp3) is 0.312. The van der Waals surface area contributed by atoms with Crippen LogP contribution in [0.15, 0.2) is 30.6 Å². The van der Waals surface area contributed by atoms with Gasteiger partial charge in [-0.05, 0) is 19.1 Å². The van der Waals surface area contributed by atoms with Gasteiger partial charge in [0.05, 0.1) is 16.8 Å². The van der Waals surface area contributed by atoms with Gasteiger partial charge in [0.15, 0.2) is 0 Å². The lowest BCUT2D eigenvalue weighted by Crippen LogP contribution is -2.49. The maximum absolute atomic E-state index is 12.5. The van der Waals surface area contributed by atoms with E-state index in [9.17, 15) is 14.9 Å². The molecule has 1 aromatic heterocycles. The smallest absolute Gasteiger partial charge is 0.294 e. The van der Waals surface area contributed by atoms with Crippen molar-refractivity contribution >= 4 is 28.9 Å². The van der Waals surface area contributed by atoms with Crippen LogP contribution in [0.3, 0.4) is 0 Å². The van der Waals surface area contributed by atoms with E-state index >= 15 is 0 Å². The molecule has 0 atom stereocenters. The molecule has 0 N–H and O–H groups in total.